The van der Waals surface area contributed by atoms with Gasteiger partial charge in [0, 0.05) is 25.2 Å². The molecule has 1 aliphatic carbocycles. The van der Waals surface area contributed by atoms with Crippen molar-refractivity contribution in [2.24, 2.45) is 0 Å². The molecule has 3 rings (SSSR count). The monoisotopic (exact) mass is 378 g/mol. The highest BCUT2D eigenvalue weighted by Crippen LogP contribution is 2.21. The Morgan fingerprint density at radius 1 is 0.643 bits per heavy atom. The van der Waals surface area contributed by atoms with Crippen LogP contribution in [0.2, 0.25) is 0 Å². The van der Waals surface area contributed by atoms with Gasteiger partial charge in [0.2, 0.25) is 0 Å². The second-order valence-corrected chi connectivity index (χ2v) is 9.05. The lowest BCUT2D eigenvalue weighted by Crippen LogP contribution is -2.49. The fraction of sp³-hybridized carbons (Fsp3) is 0.538. The van der Waals surface area contributed by atoms with Gasteiger partial charge < -0.3 is 10.6 Å². The van der Waals surface area contributed by atoms with Crippen LogP contribution in [-0.2, 0) is 13.1 Å². The predicted octanol–water partition coefficient (Wildman–Crippen LogP) is 6.12. The molecular weight excluding hydrogens is 340 g/mol. The van der Waals surface area contributed by atoms with E-state index in [1.807, 2.05) is 0 Å². The van der Waals surface area contributed by atoms with Crippen LogP contribution in [-0.4, -0.2) is 12.1 Å². The number of benzene rings is 2. The topological polar surface area (TPSA) is 24.1 Å². The molecule has 152 valence electrons. The fourth-order valence-corrected chi connectivity index (χ4v) is 4.16. The smallest absolute Gasteiger partial charge is 0.0224 e. The molecule has 0 bridgehead atoms. The zero-order valence-corrected chi connectivity index (χ0v) is 18.2. The lowest BCUT2D eigenvalue weighted by molar-refractivity contribution is 0.281. The Balaban J connectivity index is 1.51. The third kappa shape index (κ3) is 5.93. The van der Waals surface area contributed by atoms with Crippen molar-refractivity contribution in [3.05, 3.63) is 70.8 Å². The van der Waals surface area contributed by atoms with Crippen LogP contribution >= 0.6 is 0 Å². The summed E-state index contributed by atoms with van der Waals surface area (Å²) in [7, 11) is 0. The molecule has 0 aromatic heterocycles. The van der Waals surface area contributed by atoms with Gasteiger partial charge in [-0.15, -0.1) is 0 Å². The lowest BCUT2D eigenvalue weighted by atomic mass is 9.89. The van der Waals surface area contributed by atoms with E-state index in [4.69, 9.17) is 0 Å². The molecule has 0 radical (unpaired) electrons. The quantitative estimate of drug-likeness (QED) is 0.578. The summed E-state index contributed by atoms with van der Waals surface area (Å²) >= 11 is 0. The van der Waals surface area contributed by atoms with Crippen LogP contribution in [0.3, 0.4) is 0 Å². The molecule has 28 heavy (non-hydrogen) atoms. The molecule has 1 aliphatic rings. The first kappa shape index (κ1) is 21.1. The first-order chi connectivity index (χ1) is 13.5. The van der Waals surface area contributed by atoms with Gasteiger partial charge >= 0.3 is 0 Å². The number of rotatable bonds is 8. The van der Waals surface area contributed by atoms with Crippen molar-refractivity contribution < 1.29 is 0 Å². The van der Waals surface area contributed by atoms with Crippen molar-refractivity contribution in [1.82, 2.24) is 10.6 Å². The largest absolute Gasteiger partial charge is 0.308 e. The molecular formula is C26H38N2. The minimum absolute atomic E-state index is 0.563. The van der Waals surface area contributed by atoms with Crippen LogP contribution in [0.25, 0.3) is 0 Å². The molecule has 2 aromatic rings. The molecule has 2 unspecified atom stereocenters. The summed E-state index contributed by atoms with van der Waals surface area (Å²) in [5, 5.41) is 7.67. The molecule has 0 aliphatic heterocycles. The first-order valence-corrected chi connectivity index (χ1v) is 11.2. The standard InChI is InChI=1S/C26H38N2/c1-19(2)23-13-9-21(10-14-23)17-27-25-7-5-6-8-26(25)28-18-22-11-15-24(16-12-22)20(3)4/h9-16,19-20,25-28H,5-8,17-18H2,1-4H3. The average molecular weight is 379 g/mol. The van der Waals surface area contributed by atoms with Crippen LogP contribution in [0, 0.1) is 0 Å². The molecule has 1 fully saturated rings. The zero-order chi connectivity index (χ0) is 19.9. The van der Waals surface area contributed by atoms with Crippen LogP contribution in [0.4, 0.5) is 0 Å². The Bertz CT molecular complexity index is 637. The van der Waals surface area contributed by atoms with Crippen LogP contribution in [0.15, 0.2) is 48.5 Å². The minimum atomic E-state index is 0.563. The van der Waals surface area contributed by atoms with E-state index in [-0.39, 0.29) is 0 Å². The summed E-state index contributed by atoms with van der Waals surface area (Å²) in [6.07, 6.45) is 5.22. The summed E-state index contributed by atoms with van der Waals surface area (Å²) in [5.41, 5.74) is 5.62. The van der Waals surface area contributed by atoms with Gasteiger partial charge in [0.1, 0.15) is 0 Å². The van der Waals surface area contributed by atoms with Crippen LogP contribution in [0.1, 0.15) is 87.5 Å². The molecule has 0 spiro atoms. The van der Waals surface area contributed by atoms with Gasteiger partial charge in [-0.25, -0.2) is 0 Å². The first-order valence-electron chi connectivity index (χ1n) is 11.2. The van der Waals surface area contributed by atoms with Crippen LogP contribution < -0.4 is 10.6 Å². The highest BCUT2D eigenvalue weighted by Gasteiger charge is 2.24. The maximum absolute atomic E-state index is 3.83. The summed E-state index contributed by atoms with van der Waals surface area (Å²) in [4.78, 5) is 0. The number of hydrogen-bond acceptors (Lipinski definition) is 2. The number of nitrogens with one attached hydrogen (secondary N) is 2. The summed E-state index contributed by atoms with van der Waals surface area (Å²) in [5.74, 6) is 1.20. The van der Waals surface area contributed by atoms with Gasteiger partial charge in [0.05, 0.1) is 0 Å². The van der Waals surface area contributed by atoms with Gasteiger partial charge in [-0.1, -0.05) is 89.1 Å². The molecule has 2 aromatic carbocycles. The average Bonchev–Trinajstić information content (AvgIpc) is 2.72. The molecule has 1 saturated carbocycles. The van der Waals surface area contributed by atoms with Crippen molar-refractivity contribution in [2.75, 3.05) is 0 Å². The Morgan fingerprint density at radius 3 is 1.32 bits per heavy atom. The predicted molar refractivity (Wildman–Crippen MR) is 121 cm³/mol. The van der Waals surface area contributed by atoms with Crippen LogP contribution in [0.5, 0.6) is 0 Å². The molecule has 2 atom stereocenters. The molecule has 0 amide bonds. The molecule has 2 N–H and O–H groups in total. The highest BCUT2D eigenvalue weighted by molar-refractivity contribution is 5.25. The van der Waals surface area contributed by atoms with E-state index in [2.05, 4.69) is 86.9 Å². The molecule has 2 heteroatoms. The van der Waals surface area contributed by atoms with Crippen molar-refractivity contribution in [2.45, 2.75) is 90.4 Å². The van der Waals surface area contributed by atoms with Crippen molar-refractivity contribution in [3.63, 3.8) is 0 Å². The van der Waals surface area contributed by atoms with Gasteiger partial charge in [-0.05, 0) is 46.9 Å². The Hall–Kier alpha value is -1.64. The maximum Gasteiger partial charge on any atom is 0.0224 e. The molecule has 0 saturated heterocycles. The van der Waals surface area contributed by atoms with E-state index in [0.717, 1.165) is 13.1 Å². The summed E-state index contributed by atoms with van der Waals surface area (Å²) in [6.45, 7) is 10.9. The molecule has 2 nitrogen and oxygen atoms in total. The van der Waals surface area contributed by atoms with Gasteiger partial charge in [-0.2, -0.15) is 0 Å². The minimum Gasteiger partial charge on any atom is -0.308 e. The van der Waals surface area contributed by atoms with E-state index in [1.54, 1.807) is 0 Å². The number of hydrogen-bond donors (Lipinski definition) is 2. The Kier molecular flexibility index (Phi) is 7.70. The van der Waals surface area contributed by atoms with Gasteiger partial charge in [0.15, 0.2) is 0 Å². The van der Waals surface area contributed by atoms with E-state index in [9.17, 15) is 0 Å². The highest BCUT2D eigenvalue weighted by atomic mass is 15.0. The van der Waals surface area contributed by atoms with Gasteiger partial charge in [0.25, 0.3) is 0 Å². The van der Waals surface area contributed by atoms with E-state index < -0.39 is 0 Å². The maximum atomic E-state index is 3.83. The summed E-state index contributed by atoms with van der Waals surface area (Å²) < 4.78 is 0. The van der Waals surface area contributed by atoms with Crippen molar-refractivity contribution in [3.8, 4) is 0 Å². The third-order valence-corrected chi connectivity index (χ3v) is 6.20. The third-order valence-electron chi connectivity index (χ3n) is 6.20. The fourth-order valence-electron chi connectivity index (χ4n) is 4.16. The second kappa shape index (κ2) is 10.2. The van der Waals surface area contributed by atoms with Gasteiger partial charge in [-0.3, -0.25) is 0 Å². The summed E-state index contributed by atoms with van der Waals surface area (Å²) in [6, 6.07) is 19.4. The zero-order valence-electron chi connectivity index (χ0n) is 18.2. The van der Waals surface area contributed by atoms with E-state index in [1.165, 1.54) is 47.9 Å². The van der Waals surface area contributed by atoms with Crippen molar-refractivity contribution in [1.29, 1.82) is 0 Å². The molecule has 0 heterocycles. The normalized spacial score (nSPS) is 20.1. The second-order valence-electron chi connectivity index (χ2n) is 9.05. The Morgan fingerprint density at radius 2 is 1.00 bits per heavy atom. The van der Waals surface area contributed by atoms with E-state index in [0.29, 0.717) is 23.9 Å². The van der Waals surface area contributed by atoms with Crippen molar-refractivity contribution >= 4 is 0 Å². The van der Waals surface area contributed by atoms with E-state index >= 15 is 0 Å². The lowest BCUT2D eigenvalue weighted by Gasteiger charge is -2.33. The SMILES string of the molecule is CC(C)c1ccc(CNC2CCCCC2NCc2ccc(C(C)C)cc2)cc1. The Labute approximate surface area is 172 Å².